The molecule has 0 fully saturated rings. The minimum Gasteiger partial charge on any atom is -0.419 e. The zero-order chi connectivity index (χ0) is 15.6. The van der Waals surface area contributed by atoms with Gasteiger partial charge in [-0.2, -0.15) is 0 Å². The third-order valence-corrected chi connectivity index (χ3v) is 5.69. The first-order valence-corrected chi connectivity index (χ1v) is 9.44. The van der Waals surface area contributed by atoms with Crippen molar-refractivity contribution >= 4 is 49.9 Å². The summed E-state index contributed by atoms with van der Waals surface area (Å²) in [4.78, 5) is 5.59. The number of nitrogens with zero attached hydrogens (tertiary/aromatic N) is 3. The predicted octanol–water partition coefficient (Wildman–Crippen LogP) is 5.40. The number of thioether (sulfide) groups is 1. The molecule has 3 heterocycles. The molecule has 0 aliphatic rings. The molecular weight excluding hydrogens is 394 g/mol. The molecule has 4 rings (SSSR count). The monoisotopic (exact) mass is 403 g/mol. The van der Waals surface area contributed by atoms with E-state index in [0.717, 1.165) is 24.6 Å². The molecule has 0 amide bonds. The number of aromatic nitrogens is 3. The van der Waals surface area contributed by atoms with Gasteiger partial charge in [-0.25, -0.2) is 4.98 Å². The molecule has 4 aromatic rings. The topological polar surface area (TPSA) is 51.8 Å². The molecular formula is C16H10BrN3OS2. The molecule has 0 bridgehead atoms. The van der Waals surface area contributed by atoms with Crippen LogP contribution in [0.25, 0.3) is 21.7 Å². The molecule has 0 aliphatic heterocycles. The van der Waals surface area contributed by atoms with Gasteiger partial charge in [0.05, 0.1) is 25.0 Å². The molecule has 0 N–H and O–H groups in total. The summed E-state index contributed by atoms with van der Waals surface area (Å²) in [6.45, 7) is 0. The van der Waals surface area contributed by atoms with Crippen LogP contribution in [0.15, 0.2) is 61.8 Å². The van der Waals surface area contributed by atoms with Gasteiger partial charge in [0.1, 0.15) is 0 Å². The molecule has 4 nitrogen and oxygen atoms in total. The standard InChI is InChI=1S/C16H10BrN3OS2/c17-13-7-6-12(23-13)16-20-19-14(21-16)9-22-15-8-5-10-3-1-2-4-11(10)18-15/h1-8H,9H2. The van der Waals surface area contributed by atoms with Crippen LogP contribution >= 0.6 is 39.0 Å². The Labute approximate surface area is 149 Å². The van der Waals surface area contributed by atoms with E-state index in [-0.39, 0.29) is 0 Å². The van der Waals surface area contributed by atoms with Gasteiger partial charge in [-0.1, -0.05) is 36.0 Å². The van der Waals surface area contributed by atoms with Gasteiger partial charge in [0.25, 0.3) is 5.89 Å². The van der Waals surface area contributed by atoms with Crippen molar-refractivity contribution < 1.29 is 4.42 Å². The zero-order valence-electron chi connectivity index (χ0n) is 11.8. The molecule has 0 unspecified atom stereocenters. The first-order chi connectivity index (χ1) is 11.3. The van der Waals surface area contributed by atoms with Crippen molar-refractivity contribution in [3.8, 4) is 10.8 Å². The lowest BCUT2D eigenvalue weighted by Gasteiger charge is -2.00. The van der Waals surface area contributed by atoms with Crippen molar-refractivity contribution in [3.63, 3.8) is 0 Å². The van der Waals surface area contributed by atoms with Crippen molar-refractivity contribution in [1.82, 2.24) is 15.2 Å². The highest BCUT2D eigenvalue weighted by molar-refractivity contribution is 9.11. The molecule has 0 atom stereocenters. The smallest absolute Gasteiger partial charge is 0.257 e. The Morgan fingerprint density at radius 2 is 1.96 bits per heavy atom. The summed E-state index contributed by atoms with van der Waals surface area (Å²) < 4.78 is 6.75. The number of benzene rings is 1. The molecule has 0 saturated heterocycles. The number of hydrogen-bond acceptors (Lipinski definition) is 6. The average Bonchev–Trinajstić information content (AvgIpc) is 3.21. The predicted molar refractivity (Wildman–Crippen MR) is 96.6 cm³/mol. The van der Waals surface area contributed by atoms with Gasteiger partial charge in [0.2, 0.25) is 5.89 Å². The fourth-order valence-corrected chi connectivity index (χ4v) is 4.13. The van der Waals surface area contributed by atoms with Gasteiger partial charge in [-0.15, -0.1) is 21.5 Å². The van der Waals surface area contributed by atoms with Gasteiger partial charge in [0.15, 0.2) is 0 Å². The summed E-state index contributed by atoms with van der Waals surface area (Å²) in [6, 6.07) is 16.1. The van der Waals surface area contributed by atoms with Crippen LogP contribution in [-0.4, -0.2) is 15.2 Å². The van der Waals surface area contributed by atoms with Crippen molar-refractivity contribution in [2.75, 3.05) is 0 Å². The van der Waals surface area contributed by atoms with Crippen molar-refractivity contribution in [2.45, 2.75) is 10.8 Å². The number of hydrogen-bond donors (Lipinski definition) is 0. The first-order valence-electron chi connectivity index (χ1n) is 6.84. The van der Waals surface area contributed by atoms with E-state index in [0.29, 0.717) is 17.5 Å². The SMILES string of the molecule is Brc1ccc(-c2nnc(CSc3ccc4ccccc4n3)o2)s1. The third kappa shape index (κ3) is 3.31. The van der Waals surface area contributed by atoms with E-state index in [1.54, 1.807) is 23.1 Å². The maximum absolute atomic E-state index is 5.71. The van der Waals surface area contributed by atoms with Gasteiger partial charge in [-0.3, -0.25) is 0 Å². The van der Waals surface area contributed by atoms with E-state index in [4.69, 9.17) is 4.42 Å². The quantitative estimate of drug-likeness (QED) is 0.426. The van der Waals surface area contributed by atoms with Gasteiger partial charge < -0.3 is 4.42 Å². The Kier molecular flexibility index (Phi) is 4.15. The Morgan fingerprint density at radius 3 is 2.83 bits per heavy atom. The molecule has 1 aromatic carbocycles. The minimum absolute atomic E-state index is 0.558. The van der Waals surface area contributed by atoms with Crippen LogP contribution in [0.3, 0.4) is 0 Å². The Hall–Kier alpha value is -1.70. The highest BCUT2D eigenvalue weighted by Crippen LogP contribution is 2.31. The molecule has 7 heteroatoms. The second-order valence-corrected chi connectivity index (χ2v) is 8.19. The van der Waals surface area contributed by atoms with E-state index in [2.05, 4.69) is 43.2 Å². The molecule has 0 spiro atoms. The van der Waals surface area contributed by atoms with Gasteiger partial charge >= 0.3 is 0 Å². The van der Waals surface area contributed by atoms with Crippen LogP contribution in [0.2, 0.25) is 0 Å². The summed E-state index contributed by atoms with van der Waals surface area (Å²) in [5, 5.41) is 10.3. The number of halogens is 1. The maximum Gasteiger partial charge on any atom is 0.257 e. The first kappa shape index (κ1) is 14.9. The van der Waals surface area contributed by atoms with Crippen LogP contribution in [0.1, 0.15) is 5.89 Å². The van der Waals surface area contributed by atoms with E-state index < -0.39 is 0 Å². The van der Waals surface area contributed by atoms with Crippen LogP contribution in [-0.2, 0) is 5.75 Å². The van der Waals surface area contributed by atoms with E-state index in [1.807, 2.05) is 36.4 Å². The van der Waals surface area contributed by atoms with Gasteiger partial charge in [0, 0.05) is 5.39 Å². The fraction of sp³-hybridized carbons (Fsp3) is 0.0625. The lowest BCUT2D eigenvalue weighted by atomic mass is 10.2. The number of fused-ring (bicyclic) bond motifs is 1. The third-order valence-electron chi connectivity index (χ3n) is 3.17. The van der Waals surface area contributed by atoms with Crippen molar-refractivity contribution in [3.05, 3.63) is 58.2 Å². The summed E-state index contributed by atoms with van der Waals surface area (Å²) >= 11 is 6.59. The van der Waals surface area contributed by atoms with Crippen LogP contribution < -0.4 is 0 Å². The Bertz CT molecular complexity index is 967. The van der Waals surface area contributed by atoms with E-state index in [9.17, 15) is 0 Å². The molecule has 23 heavy (non-hydrogen) atoms. The van der Waals surface area contributed by atoms with Crippen molar-refractivity contribution in [2.24, 2.45) is 0 Å². The van der Waals surface area contributed by atoms with Crippen LogP contribution in [0.5, 0.6) is 0 Å². The van der Waals surface area contributed by atoms with E-state index >= 15 is 0 Å². The Morgan fingerprint density at radius 1 is 1.04 bits per heavy atom. The normalized spacial score (nSPS) is 11.2. The Balaban J connectivity index is 1.49. The molecule has 0 saturated carbocycles. The summed E-state index contributed by atoms with van der Waals surface area (Å²) in [6.07, 6.45) is 0. The molecule has 114 valence electrons. The molecule has 0 radical (unpaired) electrons. The number of para-hydroxylation sites is 1. The fourth-order valence-electron chi connectivity index (χ4n) is 2.10. The maximum atomic E-state index is 5.71. The lowest BCUT2D eigenvalue weighted by Crippen LogP contribution is -1.85. The van der Waals surface area contributed by atoms with Crippen LogP contribution in [0, 0.1) is 0 Å². The number of rotatable bonds is 4. The largest absolute Gasteiger partial charge is 0.419 e. The lowest BCUT2D eigenvalue weighted by molar-refractivity contribution is 0.529. The van der Waals surface area contributed by atoms with E-state index in [1.165, 1.54) is 0 Å². The second kappa shape index (κ2) is 6.43. The van der Waals surface area contributed by atoms with Crippen molar-refractivity contribution in [1.29, 1.82) is 0 Å². The summed E-state index contributed by atoms with van der Waals surface area (Å²) in [7, 11) is 0. The molecule has 3 aromatic heterocycles. The molecule has 0 aliphatic carbocycles. The average molecular weight is 404 g/mol. The minimum atomic E-state index is 0.558. The highest BCUT2D eigenvalue weighted by Gasteiger charge is 2.11. The zero-order valence-corrected chi connectivity index (χ0v) is 15.0. The second-order valence-electron chi connectivity index (χ2n) is 4.74. The number of thiophene rings is 1. The van der Waals surface area contributed by atoms with Gasteiger partial charge in [-0.05, 0) is 40.2 Å². The summed E-state index contributed by atoms with van der Waals surface area (Å²) in [5.74, 6) is 1.76. The highest BCUT2D eigenvalue weighted by atomic mass is 79.9. The van der Waals surface area contributed by atoms with Crippen LogP contribution in [0.4, 0.5) is 0 Å². The summed E-state index contributed by atoms with van der Waals surface area (Å²) in [5.41, 5.74) is 0.993. The number of pyridine rings is 1.